The van der Waals surface area contributed by atoms with Gasteiger partial charge < -0.3 is 4.90 Å². The van der Waals surface area contributed by atoms with Crippen molar-refractivity contribution in [3.8, 4) is 0 Å². The van der Waals surface area contributed by atoms with Crippen molar-refractivity contribution in [1.29, 1.82) is 0 Å². The number of benzene rings is 1. The van der Waals surface area contributed by atoms with E-state index in [1.54, 1.807) is 24.5 Å². The first-order valence-electron chi connectivity index (χ1n) is 8.56. The van der Waals surface area contributed by atoms with Gasteiger partial charge in [-0.05, 0) is 37.6 Å². The average Bonchev–Trinajstić information content (AvgIpc) is 2.64. The molecule has 2 aromatic rings. The minimum atomic E-state index is 0.00797. The highest BCUT2D eigenvalue weighted by atomic mass is 16.2. The van der Waals surface area contributed by atoms with Gasteiger partial charge in [-0.2, -0.15) is 0 Å². The largest absolute Gasteiger partial charge is 0.336 e. The van der Waals surface area contributed by atoms with Gasteiger partial charge in [0.25, 0.3) is 5.91 Å². The molecule has 5 nitrogen and oxygen atoms in total. The van der Waals surface area contributed by atoms with Crippen molar-refractivity contribution in [2.45, 2.75) is 13.8 Å². The number of aromatic nitrogens is 1. The molecule has 0 bridgehead atoms. The molecule has 2 heterocycles. The molecule has 1 amide bonds. The minimum absolute atomic E-state index is 0.00797. The second kappa shape index (κ2) is 7.57. The van der Waals surface area contributed by atoms with Crippen LogP contribution in [0.5, 0.6) is 0 Å². The van der Waals surface area contributed by atoms with Gasteiger partial charge in [-0.3, -0.25) is 19.5 Å². The fourth-order valence-corrected chi connectivity index (χ4v) is 3.11. The summed E-state index contributed by atoms with van der Waals surface area (Å²) in [7, 11) is 0. The van der Waals surface area contributed by atoms with Gasteiger partial charge in [0.2, 0.25) is 0 Å². The van der Waals surface area contributed by atoms with E-state index in [1.165, 1.54) is 0 Å². The number of Topliss-reactive ketones (excluding diaryl/α,β-unsaturated/α-hetero) is 1. The van der Waals surface area contributed by atoms with E-state index in [0.717, 1.165) is 16.7 Å². The molecule has 3 rings (SSSR count). The molecule has 1 aromatic carbocycles. The fourth-order valence-electron chi connectivity index (χ4n) is 3.11. The molecule has 1 aromatic heterocycles. The number of piperazine rings is 1. The van der Waals surface area contributed by atoms with E-state index in [4.69, 9.17) is 0 Å². The summed E-state index contributed by atoms with van der Waals surface area (Å²) in [6.07, 6.45) is 3.26. The van der Waals surface area contributed by atoms with Crippen molar-refractivity contribution in [3.63, 3.8) is 0 Å². The molecule has 1 fully saturated rings. The van der Waals surface area contributed by atoms with Crippen molar-refractivity contribution >= 4 is 11.7 Å². The molecule has 0 N–H and O–H groups in total. The normalized spacial score (nSPS) is 15.2. The number of hydrogen-bond donors (Lipinski definition) is 0. The molecule has 1 aliphatic heterocycles. The number of amides is 1. The summed E-state index contributed by atoms with van der Waals surface area (Å²) < 4.78 is 0. The van der Waals surface area contributed by atoms with Crippen LogP contribution in [0.15, 0.2) is 42.7 Å². The van der Waals surface area contributed by atoms with Crippen molar-refractivity contribution < 1.29 is 9.59 Å². The Morgan fingerprint density at radius 3 is 2.52 bits per heavy atom. The lowest BCUT2D eigenvalue weighted by molar-refractivity contribution is 0.0624. The molecule has 25 heavy (non-hydrogen) atoms. The van der Waals surface area contributed by atoms with Crippen LogP contribution in [0.3, 0.4) is 0 Å². The molecular weight excluding hydrogens is 314 g/mol. The van der Waals surface area contributed by atoms with Crippen molar-refractivity contribution in [3.05, 3.63) is 65.0 Å². The first-order valence-corrected chi connectivity index (χ1v) is 8.56. The fraction of sp³-hybridized carbons (Fsp3) is 0.350. The Hall–Kier alpha value is -2.53. The number of hydrogen-bond acceptors (Lipinski definition) is 4. The van der Waals surface area contributed by atoms with Gasteiger partial charge in [0, 0.05) is 44.1 Å². The van der Waals surface area contributed by atoms with Gasteiger partial charge in [-0.25, -0.2) is 0 Å². The van der Waals surface area contributed by atoms with Crippen LogP contribution in [0, 0.1) is 13.8 Å². The highest BCUT2D eigenvalue weighted by Crippen LogP contribution is 2.13. The Bertz CT molecular complexity index is 766. The smallest absolute Gasteiger partial charge is 0.255 e. The molecule has 0 unspecified atom stereocenters. The zero-order valence-corrected chi connectivity index (χ0v) is 14.7. The maximum atomic E-state index is 12.6. The van der Waals surface area contributed by atoms with Gasteiger partial charge in [-0.15, -0.1) is 0 Å². The molecule has 0 saturated carbocycles. The minimum Gasteiger partial charge on any atom is -0.336 e. The molecule has 0 radical (unpaired) electrons. The van der Waals surface area contributed by atoms with Gasteiger partial charge >= 0.3 is 0 Å². The summed E-state index contributed by atoms with van der Waals surface area (Å²) in [5.41, 5.74) is 3.53. The third kappa shape index (κ3) is 4.12. The number of aryl methyl sites for hydroxylation is 2. The number of carbonyl (C=O) groups excluding carboxylic acids is 2. The molecule has 130 valence electrons. The van der Waals surface area contributed by atoms with Crippen LogP contribution in [0.4, 0.5) is 0 Å². The SMILES string of the molecule is Cc1ccc(C)c(C(=O)CN2CCN(C(=O)c3cccnc3)CC2)c1. The van der Waals surface area contributed by atoms with E-state index in [2.05, 4.69) is 9.88 Å². The highest BCUT2D eigenvalue weighted by Gasteiger charge is 2.24. The van der Waals surface area contributed by atoms with Crippen LogP contribution in [-0.2, 0) is 0 Å². The monoisotopic (exact) mass is 337 g/mol. The molecule has 1 aliphatic rings. The summed E-state index contributed by atoms with van der Waals surface area (Å²) in [4.78, 5) is 33.0. The van der Waals surface area contributed by atoms with E-state index in [0.29, 0.717) is 38.3 Å². The van der Waals surface area contributed by atoms with Gasteiger partial charge in [-0.1, -0.05) is 17.7 Å². The van der Waals surface area contributed by atoms with Crippen molar-refractivity contribution in [2.75, 3.05) is 32.7 Å². The summed E-state index contributed by atoms with van der Waals surface area (Å²) in [5, 5.41) is 0. The maximum absolute atomic E-state index is 12.6. The number of ketones is 1. The zero-order chi connectivity index (χ0) is 17.8. The Morgan fingerprint density at radius 1 is 1.08 bits per heavy atom. The van der Waals surface area contributed by atoms with Crippen molar-refractivity contribution in [1.82, 2.24) is 14.8 Å². The van der Waals surface area contributed by atoms with E-state index in [1.807, 2.05) is 36.9 Å². The van der Waals surface area contributed by atoms with E-state index in [9.17, 15) is 9.59 Å². The van der Waals surface area contributed by atoms with Crippen LogP contribution in [-0.4, -0.2) is 59.2 Å². The second-order valence-corrected chi connectivity index (χ2v) is 6.55. The molecule has 0 atom stereocenters. The Morgan fingerprint density at radius 2 is 1.84 bits per heavy atom. The Kier molecular flexibility index (Phi) is 5.24. The van der Waals surface area contributed by atoms with Crippen LogP contribution >= 0.6 is 0 Å². The van der Waals surface area contributed by atoms with Crippen LogP contribution in [0.25, 0.3) is 0 Å². The summed E-state index contributed by atoms with van der Waals surface area (Å²) >= 11 is 0. The average molecular weight is 337 g/mol. The summed E-state index contributed by atoms with van der Waals surface area (Å²) in [5.74, 6) is 0.154. The lowest BCUT2D eigenvalue weighted by Gasteiger charge is -2.34. The molecule has 0 aliphatic carbocycles. The van der Waals surface area contributed by atoms with Gasteiger partial charge in [0.1, 0.15) is 0 Å². The van der Waals surface area contributed by atoms with E-state index in [-0.39, 0.29) is 11.7 Å². The summed E-state index contributed by atoms with van der Waals surface area (Å²) in [6.45, 7) is 7.06. The molecule has 1 saturated heterocycles. The number of pyridine rings is 1. The maximum Gasteiger partial charge on any atom is 0.255 e. The quantitative estimate of drug-likeness (QED) is 0.804. The Balaban J connectivity index is 1.57. The highest BCUT2D eigenvalue weighted by molar-refractivity contribution is 5.99. The van der Waals surface area contributed by atoms with Crippen LogP contribution in [0.1, 0.15) is 31.8 Å². The molecule has 0 spiro atoms. The number of rotatable bonds is 4. The van der Waals surface area contributed by atoms with Gasteiger partial charge in [0.05, 0.1) is 12.1 Å². The first-order chi connectivity index (χ1) is 12.0. The van der Waals surface area contributed by atoms with Crippen molar-refractivity contribution in [2.24, 2.45) is 0 Å². The van der Waals surface area contributed by atoms with Crippen LogP contribution in [0.2, 0.25) is 0 Å². The molecular formula is C20H23N3O2. The third-order valence-corrected chi connectivity index (χ3v) is 4.63. The molecule has 5 heteroatoms. The summed E-state index contributed by atoms with van der Waals surface area (Å²) in [6, 6.07) is 9.53. The number of nitrogens with zero attached hydrogens (tertiary/aromatic N) is 3. The predicted octanol–water partition coefficient (Wildman–Crippen LogP) is 2.34. The Labute approximate surface area is 148 Å². The van der Waals surface area contributed by atoms with E-state index >= 15 is 0 Å². The second-order valence-electron chi connectivity index (χ2n) is 6.55. The lowest BCUT2D eigenvalue weighted by Crippen LogP contribution is -2.50. The number of carbonyl (C=O) groups is 2. The van der Waals surface area contributed by atoms with Crippen LogP contribution < -0.4 is 0 Å². The van der Waals surface area contributed by atoms with E-state index < -0.39 is 0 Å². The van der Waals surface area contributed by atoms with Gasteiger partial charge in [0.15, 0.2) is 5.78 Å². The zero-order valence-electron chi connectivity index (χ0n) is 14.7. The third-order valence-electron chi connectivity index (χ3n) is 4.63. The predicted molar refractivity (Wildman–Crippen MR) is 96.8 cm³/mol. The lowest BCUT2D eigenvalue weighted by atomic mass is 10.0. The topological polar surface area (TPSA) is 53.5 Å². The standard InChI is InChI=1S/C20H23N3O2/c1-15-5-6-16(2)18(12-15)19(24)14-22-8-10-23(11-9-22)20(25)17-4-3-7-21-13-17/h3-7,12-13H,8-11,14H2,1-2H3. The first kappa shape index (κ1) is 17.3.